The number of rotatable bonds is 6. The second kappa shape index (κ2) is 9.57. The van der Waals surface area contributed by atoms with Crippen LogP contribution >= 0.6 is 11.8 Å². The van der Waals surface area contributed by atoms with E-state index in [1.807, 2.05) is 31.2 Å². The van der Waals surface area contributed by atoms with Crippen molar-refractivity contribution in [2.45, 2.75) is 12.1 Å². The number of carbonyl (C=O) groups excluding carboxylic acids is 2. The minimum Gasteiger partial charge on any atom is -0.292 e. The van der Waals surface area contributed by atoms with Crippen LogP contribution in [0.2, 0.25) is 0 Å². The number of hydrogen-bond acceptors (Lipinski definition) is 5. The summed E-state index contributed by atoms with van der Waals surface area (Å²) in [6.07, 6.45) is 0. The SMILES string of the molecule is Cc1ccc(-n2c(SCC(=O)NC(=O)c3ccccc3)nnc2-c2ccccc2F)cc1. The van der Waals surface area contributed by atoms with Gasteiger partial charge in [-0.15, -0.1) is 10.2 Å². The molecule has 0 saturated heterocycles. The minimum absolute atomic E-state index is 0.0557. The van der Waals surface area contributed by atoms with Crippen LogP contribution in [0.15, 0.2) is 84.0 Å². The van der Waals surface area contributed by atoms with Crippen molar-refractivity contribution < 1.29 is 14.0 Å². The minimum atomic E-state index is -0.469. The van der Waals surface area contributed by atoms with Gasteiger partial charge in [0.05, 0.1) is 11.3 Å². The molecule has 0 radical (unpaired) electrons. The van der Waals surface area contributed by atoms with Gasteiger partial charge in [-0.1, -0.05) is 59.8 Å². The molecular weight excluding hydrogens is 427 g/mol. The van der Waals surface area contributed by atoms with E-state index in [1.54, 1.807) is 53.1 Å². The molecule has 0 fully saturated rings. The van der Waals surface area contributed by atoms with E-state index >= 15 is 0 Å². The molecule has 0 aliphatic heterocycles. The monoisotopic (exact) mass is 446 g/mol. The third kappa shape index (κ3) is 4.76. The summed E-state index contributed by atoms with van der Waals surface area (Å²) in [4.78, 5) is 24.6. The quantitative estimate of drug-likeness (QED) is 0.444. The fourth-order valence-corrected chi connectivity index (χ4v) is 3.81. The lowest BCUT2D eigenvalue weighted by Gasteiger charge is -2.11. The molecule has 1 aromatic heterocycles. The smallest absolute Gasteiger partial charge is 0.257 e. The summed E-state index contributed by atoms with van der Waals surface area (Å²) in [5, 5.41) is 11.1. The number of thioether (sulfide) groups is 1. The number of aromatic nitrogens is 3. The van der Waals surface area contributed by atoms with Crippen molar-refractivity contribution in [1.29, 1.82) is 0 Å². The summed E-state index contributed by atoms with van der Waals surface area (Å²) in [5.41, 5.74) is 2.51. The van der Waals surface area contributed by atoms with Gasteiger partial charge in [-0.2, -0.15) is 0 Å². The van der Waals surface area contributed by atoms with Crippen molar-refractivity contribution in [3.05, 3.63) is 95.8 Å². The Balaban J connectivity index is 1.58. The first-order chi connectivity index (χ1) is 15.5. The van der Waals surface area contributed by atoms with Crippen LogP contribution in [0, 0.1) is 12.7 Å². The Labute approximate surface area is 188 Å². The highest BCUT2D eigenvalue weighted by atomic mass is 32.2. The molecule has 32 heavy (non-hydrogen) atoms. The maximum Gasteiger partial charge on any atom is 0.257 e. The van der Waals surface area contributed by atoms with Gasteiger partial charge in [-0.05, 0) is 43.3 Å². The zero-order valence-electron chi connectivity index (χ0n) is 17.2. The third-order valence-corrected chi connectivity index (χ3v) is 5.59. The molecule has 0 unspecified atom stereocenters. The van der Waals surface area contributed by atoms with Gasteiger partial charge in [0.15, 0.2) is 11.0 Å². The van der Waals surface area contributed by atoms with Gasteiger partial charge >= 0.3 is 0 Å². The highest BCUT2D eigenvalue weighted by Gasteiger charge is 2.20. The topological polar surface area (TPSA) is 76.9 Å². The Morgan fingerprint density at radius 1 is 0.938 bits per heavy atom. The van der Waals surface area contributed by atoms with E-state index in [0.717, 1.165) is 23.0 Å². The van der Waals surface area contributed by atoms with Gasteiger partial charge in [0, 0.05) is 11.3 Å². The summed E-state index contributed by atoms with van der Waals surface area (Å²) < 4.78 is 16.2. The number of amides is 2. The van der Waals surface area contributed by atoms with Crippen LogP contribution in [0.25, 0.3) is 17.1 Å². The summed E-state index contributed by atoms with van der Waals surface area (Å²) in [5.74, 6) is -1.08. The molecule has 2 amide bonds. The summed E-state index contributed by atoms with van der Waals surface area (Å²) in [6.45, 7) is 1.97. The standard InChI is InChI=1S/C24H19FN4O2S/c1-16-11-13-18(14-12-16)29-22(19-9-5-6-10-20(19)25)27-28-24(29)32-15-21(30)26-23(31)17-7-3-2-4-8-17/h2-14H,15H2,1H3,(H,26,30,31). The van der Waals surface area contributed by atoms with Crippen molar-refractivity contribution in [3.8, 4) is 17.1 Å². The van der Waals surface area contributed by atoms with Gasteiger partial charge in [-0.3, -0.25) is 19.5 Å². The van der Waals surface area contributed by atoms with E-state index in [-0.39, 0.29) is 5.75 Å². The van der Waals surface area contributed by atoms with Gasteiger partial charge in [-0.25, -0.2) is 4.39 Å². The Bertz CT molecular complexity index is 1260. The van der Waals surface area contributed by atoms with Crippen LogP contribution in [0.3, 0.4) is 0 Å². The largest absolute Gasteiger partial charge is 0.292 e. The Morgan fingerprint density at radius 3 is 2.34 bits per heavy atom. The van der Waals surface area contributed by atoms with Crippen LogP contribution in [-0.4, -0.2) is 32.3 Å². The van der Waals surface area contributed by atoms with Crippen LogP contribution in [0.4, 0.5) is 4.39 Å². The molecule has 0 atom stereocenters. The van der Waals surface area contributed by atoms with E-state index < -0.39 is 17.6 Å². The molecule has 0 spiro atoms. The highest BCUT2D eigenvalue weighted by Crippen LogP contribution is 2.29. The molecular formula is C24H19FN4O2S. The maximum absolute atomic E-state index is 14.5. The Morgan fingerprint density at radius 2 is 1.62 bits per heavy atom. The molecule has 0 bridgehead atoms. The number of imide groups is 1. The summed E-state index contributed by atoms with van der Waals surface area (Å²) >= 11 is 1.12. The number of nitrogens with zero attached hydrogens (tertiary/aromatic N) is 3. The first-order valence-electron chi connectivity index (χ1n) is 9.82. The van der Waals surface area contributed by atoms with Crippen LogP contribution in [-0.2, 0) is 4.79 Å². The first-order valence-corrected chi connectivity index (χ1v) is 10.8. The van der Waals surface area contributed by atoms with Gasteiger partial charge < -0.3 is 0 Å². The normalized spacial score (nSPS) is 10.7. The maximum atomic E-state index is 14.5. The number of halogens is 1. The molecule has 1 N–H and O–H groups in total. The molecule has 1 heterocycles. The van der Waals surface area contributed by atoms with Crippen LogP contribution in [0.5, 0.6) is 0 Å². The molecule has 0 aliphatic carbocycles. The lowest BCUT2D eigenvalue weighted by Crippen LogP contribution is -2.31. The zero-order chi connectivity index (χ0) is 22.5. The van der Waals surface area contributed by atoms with Crippen molar-refractivity contribution in [1.82, 2.24) is 20.1 Å². The first kappa shape index (κ1) is 21.5. The third-order valence-electron chi connectivity index (χ3n) is 4.66. The molecule has 0 aliphatic rings. The molecule has 4 aromatic rings. The molecule has 4 rings (SSSR count). The Hall–Kier alpha value is -3.78. The van der Waals surface area contributed by atoms with Gasteiger partial charge in [0.25, 0.3) is 5.91 Å². The van der Waals surface area contributed by atoms with E-state index in [0.29, 0.717) is 22.1 Å². The number of hydrogen-bond donors (Lipinski definition) is 1. The molecule has 8 heteroatoms. The van der Waals surface area contributed by atoms with Gasteiger partial charge in [0.2, 0.25) is 5.91 Å². The van der Waals surface area contributed by atoms with Crippen LogP contribution in [0.1, 0.15) is 15.9 Å². The lowest BCUT2D eigenvalue weighted by molar-refractivity contribution is -0.117. The number of benzene rings is 3. The van der Waals surface area contributed by atoms with E-state index in [4.69, 9.17) is 0 Å². The fraction of sp³-hybridized carbons (Fsp3) is 0.0833. The number of aryl methyl sites for hydroxylation is 1. The number of nitrogens with one attached hydrogen (secondary N) is 1. The average Bonchev–Trinajstić information content (AvgIpc) is 3.23. The van der Waals surface area contributed by atoms with Gasteiger partial charge in [0.1, 0.15) is 5.82 Å². The Kier molecular flexibility index (Phi) is 6.42. The fourth-order valence-electron chi connectivity index (χ4n) is 3.06. The van der Waals surface area contributed by atoms with Crippen LogP contribution < -0.4 is 5.32 Å². The lowest BCUT2D eigenvalue weighted by atomic mass is 10.2. The predicted molar refractivity (Wildman–Crippen MR) is 121 cm³/mol. The van der Waals surface area contributed by atoms with E-state index in [2.05, 4.69) is 15.5 Å². The van der Waals surface area contributed by atoms with Crippen molar-refractivity contribution in [2.24, 2.45) is 0 Å². The molecule has 6 nitrogen and oxygen atoms in total. The molecule has 160 valence electrons. The van der Waals surface area contributed by atoms with Crippen molar-refractivity contribution in [3.63, 3.8) is 0 Å². The summed E-state index contributed by atoms with van der Waals surface area (Å²) in [7, 11) is 0. The predicted octanol–water partition coefficient (Wildman–Crippen LogP) is 4.43. The number of carbonyl (C=O) groups is 2. The van der Waals surface area contributed by atoms with E-state index in [9.17, 15) is 14.0 Å². The second-order valence-electron chi connectivity index (χ2n) is 6.99. The molecule has 3 aromatic carbocycles. The highest BCUT2D eigenvalue weighted by molar-refractivity contribution is 7.99. The average molecular weight is 447 g/mol. The van der Waals surface area contributed by atoms with E-state index in [1.165, 1.54) is 6.07 Å². The molecule has 0 saturated carbocycles. The second-order valence-corrected chi connectivity index (χ2v) is 7.93. The summed E-state index contributed by atoms with van der Waals surface area (Å²) in [6, 6.07) is 22.4. The van der Waals surface area contributed by atoms with Crippen molar-refractivity contribution >= 4 is 23.6 Å². The van der Waals surface area contributed by atoms with Crippen molar-refractivity contribution in [2.75, 3.05) is 5.75 Å². The zero-order valence-corrected chi connectivity index (χ0v) is 18.0.